The van der Waals surface area contributed by atoms with Crippen molar-refractivity contribution in [3.05, 3.63) is 0 Å². The van der Waals surface area contributed by atoms with E-state index in [9.17, 15) is 4.79 Å². The molecular weight excluding hydrogens is 238 g/mol. The van der Waals surface area contributed by atoms with Gasteiger partial charge in [0.1, 0.15) is 0 Å². The predicted molar refractivity (Wildman–Crippen MR) is 78.1 cm³/mol. The monoisotopic (exact) mass is 267 g/mol. The SMILES string of the molecule is CCN(CC)C(=O)CCCN1CCCC2CNCC21. The van der Waals surface area contributed by atoms with Crippen LogP contribution in [0.3, 0.4) is 0 Å². The molecule has 2 heterocycles. The summed E-state index contributed by atoms with van der Waals surface area (Å²) in [4.78, 5) is 16.5. The van der Waals surface area contributed by atoms with Gasteiger partial charge in [0.25, 0.3) is 0 Å². The minimum atomic E-state index is 0.322. The summed E-state index contributed by atoms with van der Waals surface area (Å²) in [6.45, 7) is 10.5. The highest BCUT2D eigenvalue weighted by atomic mass is 16.2. The van der Waals surface area contributed by atoms with Crippen LogP contribution in [0.25, 0.3) is 0 Å². The maximum atomic E-state index is 12.0. The maximum Gasteiger partial charge on any atom is 0.222 e. The van der Waals surface area contributed by atoms with Crippen molar-refractivity contribution in [2.45, 2.75) is 45.6 Å². The zero-order valence-electron chi connectivity index (χ0n) is 12.5. The van der Waals surface area contributed by atoms with Gasteiger partial charge >= 0.3 is 0 Å². The number of carbonyl (C=O) groups excluding carboxylic acids is 1. The van der Waals surface area contributed by atoms with Crippen LogP contribution in [0.15, 0.2) is 0 Å². The normalized spacial score (nSPS) is 27.3. The Hall–Kier alpha value is -0.610. The Morgan fingerprint density at radius 1 is 1.32 bits per heavy atom. The molecule has 0 aliphatic carbocycles. The van der Waals surface area contributed by atoms with E-state index in [1.54, 1.807) is 0 Å². The minimum absolute atomic E-state index is 0.322. The zero-order chi connectivity index (χ0) is 13.7. The van der Waals surface area contributed by atoms with E-state index in [0.717, 1.165) is 44.6 Å². The first-order chi connectivity index (χ1) is 9.26. The van der Waals surface area contributed by atoms with Crippen molar-refractivity contribution in [3.8, 4) is 0 Å². The van der Waals surface area contributed by atoms with Crippen LogP contribution in [0.1, 0.15) is 39.5 Å². The lowest BCUT2D eigenvalue weighted by atomic mass is 9.92. The number of rotatable bonds is 6. The molecule has 2 fully saturated rings. The Morgan fingerprint density at radius 3 is 2.84 bits per heavy atom. The van der Waals surface area contributed by atoms with Gasteiger partial charge in [-0.1, -0.05) is 0 Å². The van der Waals surface area contributed by atoms with Gasteiger partial charge in [-0.25, -0.2) is 0 Å². The molecule has 0 aromatic rings. The van der Waals surface area contributed by atoms with Crippen molar-refractivity contribution < 1.29 is 4.79 Å². The lowest BCUT2D eigenvalue weighted by molar-refractivity contribution is -0.131. The highest BCUT2D eigenvalue weighted by Gasteiger charge is 2.34. The summed E-state index contributed by atoms with van der Waals surface area (Å²) in [5, 5.41) is 3.51. The molecule has 2 saturated heterocycles. The molecule has 110 valence electrons. The van der Waals surface area contributed by atoms with Crippen molar-refractivity contribution in [2.75, 3.05) is 39.3 Å². The smallest absolute Gasteiger partial charge is 0.222 e. The van der Waals surface area contributed by atoms with E-state index in [2.05, 4.69) is 24.1 Å². The molecule has 0 spiro atoms. The van der Waals surface area contributed by atoms with Gasteiger partial charge in [0.05, 0.1) is 0 Å². The lowest BCUT2D eigenvalue weighted by Crippen LogP contribution is -2.45. The molecule has 2 unspecified atom stereocenters. The molecule has 19 heavy (non-hydrogen) atoms. The summed E-state index contributed by atoms with van der Waals surface area (Å²) >= 11 is 0. The second kappa shape index (κ2) is 7.25. The van der Waals surface area contributed by atoms with Crippen LogP contribution < -0.4 is 5.32 Å². The summed E-state index contributed by atoms with van der Waals surface area (Å²) in [6, 6.07) is 0.734. The number of nitrogens with one attached hydrogen (secondary N) is 1. The van der Waals surface area contributed by atoms with Gasteiger partial charge in [-0.2, -0.15) is 0 Å². The molecule has 1 amide bonds. The Balaban J connectivity index is 1.71. The van der Waals surface area contributed by atoms with Crippen LogP contribution in [0, 0.1) is 5.92 Å². The highest BCUT2D eigenvalue weighted by Crippen LogP contribution is 2.26. The third-order valence-corrected chi connectivity index (χ3v) is 4.75. The predicted octanol–water partition coefficient (Wildman–Crippen LogP) is 1.32. The van der Waals surface area contributed by atoms with Crippen molar-refractivity contribution >= 4 is 5.91 Å². The van der Waals surface area contributed by atoms with Gasteiger partial charge in [-0.3, -0.25) is 9.69 Å². The molecule has 0 radical (unpaired) electrons. The number of likely N-dealkylation sites (tertiary alicyclic amines) is 1. The molecule has 2 rings (SSSR count). The first kappa shape index (κ1) is 14.8. The quantitative estimate of drug-likeness (QED) is 0.788. The van der Waals surface area contributed by atoms with E-state index in [-0.39, 0.29) is 0 Å². The highest BCUT2D eigenvalue weighted by molar-refractivity contribution is 5.76. The summed E-state index contributed by atoms with van der Waals surface area (Å²) in [5.41, 5.74) is 0. The van der Waals surface area contributed by atoms with Gasteiger partial charge < -0.3 is 10.2 Å². The first-order valence-corrected chi connectivity index (χ1v) is 7.98. The van der Waals surface area contributed by atoms with E-state index in [1.807, 2.05) is 4.90 Å². The first-order valence-electron chi connectivity index (χ1n) is 7.98. The van der Waals surface area contributed by atoms with Gasteiger partial charge in [0, 0.05) is 32.1 Å². The fraction of sp³-hybridized carbons (Fsp3) is 0.933. The number of carbonyl (C=O) groups is 1. The molecule has 1 N–H and O–H groups in total. The van der Waals surface area contributed by atoms with Crippen molar-refractivity contribution in [1.29, 1.82) is 0 Å². The largest absolute Gasteiger partial charge is 0.343 e. The average Bonchev–Trinajstić information content (AvgIpc) is 2.89. The van der Waals surface area contributed by atoms with Gasteiger partial charge in [-0.05, 0) is 58.7 Å². The number of hydrogen-bond acceptors (Lipinski definition) is 3. The van der Waals surface area contributed by atoms with Crippen molar-refractivity contribution in [1.82, 2.24) is 15.1 Å². The number of amides is 1. The third kappa shape index (κ3) is 3.69. The number of hydrogen-bond donors (Lipinski definition) is 1. The van der Waals surface area contributed by atoms with E-state index in [1.165, 1.54) is 25.9 Å². The van der Waals surface area contributed by atoms with Crippen molar-refractivity contribution in [2.24, 2.45) is 5.92 Å². The molecule has 2 aliphatic rings. The fourth-order valence-electron chi connectivity index (χ4n) is 3.61. The maximum absolute atomic E-state index is 12.0. The fourth-order valence-corrected chi connectivity index (χ4v) is 3.61. The topological polar surface area (TPSA) is 35.6 Å². The second-order valence-corrected chi connectivity index (χ2v) is 5.83. The lowest BCUT2D eigenvalue weighted by Gasteiger charge is -2.37. The molecule has 0 saturated carbocycles. The van der Waals surface area contributed by atoms with Crippen LogP contribution >= 0.6 is 0 Å². The standard InChI is InChI=1S/C15H29N3O/c1-3-17(4-2)15(19)8-6-10-18-9-5-7-13-11-16-12-14(13)18/h13-14,16H,3-12H2,1-2H3. The Morgan fingerprint density at radius 2 is 2.11 bits per heavy atom. The molecule has 4 heteroatoms. The summed E-state index contributed by atoms with van der Waals surface area (Å²) < 4.78 is 0. The van der Waals surface area contributed by atoms with Crippen LogP contribution in [0.4, 0.5) is 0 Å². The Kier molecular flexibility index (Phi) is 5.64. The van der Waals surface area contributed by atoms with Crippen molar-refractivity contribution in [3.63, 3.8) is 0 Å². The molecule has 0 aromatic heterocycles. The summed E-state index contributed by atoms with van der Waals surface area (Å²) in [7, 11) is 0. The van der Waals surface area contributed by atoms with E-state index in [0.29, 0.717) is 12.3 Å². The van der Waals surface area contributed by atoms with E-state index >= 15 is 0 Å². The van der Waals surface area contributed by atoms with Gasteiger partial charge in [-0.15, -0.1) is 0 Å². The Labute approximate surface area is 117 Å². The number of nitrogens with zero attached hydrogens (tertiary/aromatic N) is 2. The molecule has 0 bridgehead atoms. The third-order valence-electron chi connectivity index (χ3n) is 4.75. The van der Waals surface area contributed by atoms with Crippen LogP contribution in [-0.2, 0) is 4.79 Å². The molecule has 2 atom stereocenters. The van der Waals surface area contributed by atoms with E-state index < -0.39 is 0 Å². The minimum Gasteiger partial charge on any atom is -0.343 e. The zero-order valence-corrected chi connectivity index (χ0v) is 12.5. The second-order valence-electron chi connectivity index (χ2n) is 5.83. The number of fused-ring (bicyclic) bond motifs is 1. The molecular formula is C15H29N3O. The molecule has 2 aliphatic heterocycles. The molecule has 0 aromatic carbocycles. The van der Waals surface area contributed by atoms with Crippen LogP contribution in [0.5, 0.6) is 0 Å². The average molecular weight is 267 g/mol. The molecule has 4 nitrogen and oxygen atoms in total. The summed E-state index contributed by atoms with van der Waals surface area (Å²) in [5.74, 6) is 1.18. The Bertz CT molecular complexity index is 291. The van der Waals surface area contributed by atoms with Gasteiger partial charge in [0.2, 0.25) is 5.91 Å². The summed E-state index contributed by atoms with van der Waals surface area (Å²) in [6.07, 6.45) is 4.43. The van der Waals surface area contributed by atoms with Crippen LogP contribution in [-0.4, -0.2) is 61.0 Å². The van der Waals surface area contributed by atoms with E-state index in [4.69, 9.17) is 0 Å². The van der Waals surface area contributed by atoms with Gasteiger partial charge in [0.15, 0.2) is 0 Å². The van der Waals surface area contributed by atoms with Crippen LogP contribution in [0.2, 0.25) is 0 Å². The number of piperidine rings is 1.